The van der Waals surface area contributed by atoms with Crippen LogP contribution in [0.1, 0.15) is 20.7 Å². The third-order valence-corrected chi connectivity index (χ3v) is 4.57. The van der Waals surface area contributed by atoms with Crippen LogP contribution in [0.2, 0.25) is 0 Å². The summed E-state index contributed by atoms with van der Waals surface area (Å²) in [6.07, 6.45) is 1.47. The van der Waals surface area contributed by atoms with Crippen molar-refractivity contribution in [2.45, 2.75) is 0 Å². The molecule has 0 aliphatic heterocycles. The molecule has 0 saturated carbocycles. The zero-order chi connectivity index (χ0) is 22.5. The van der Waals surface area contributed by atoms with E-state index in [0.717, 1.165) is 12.6 Å². The second-order valence-electron chi connectivity index (χ2n) is 6.60. The summed E-state index contributed by atoms with van der Waals surface area (Å²) in [5.74, 6) is 2.40. The molecule has 8 nitrogen and oxygen atoms in total. The van der Waals surface area contributed by atoms with Crippen molar-refractivity contribution in [3.8, 4) is 34.8 Å². The van der Waals surface area contributed by atoms with Gasteiger partial charge < -0.3 is 18.9 Å². The summed E-state index contributed by atoms with van der Waals surface area (Å²) < 4.78 is 22.2. The maximum Gasteiger partial charge on any atom is 0.220 e. The largest absolute Gasteiger partial charge is 0.493 e. The predicted molar refractivity (Wildman–Crippen MR) is 116 cm³/mol. The minimum Gasteiger partial charge on any atom is -0.493 e. The Bertz CT molecular complexity index is 1200. The molecule has 0 saturated heterocycles. The zero-order valence-electron chi connectivity index (χ0n) is 17.3. The Morgan fingerprint density at radius 1 is 0.594 bits per heavy atom. The summed E-state index contributed by atoms with van der Waals surface area (Å²) in [7, 11) is 3.00. The van der Waals surface area contributed by atoms with Crippen molar-refractivity contribution in [2.24, 2.45) is 0 Å². The number of methoxy groups -OCH3 is 2. The average molecular weight is 430 g/mol. The van der Waals surface area contributed by atoms with Gasteiger partial charge in [-0.3, -0.25) is 9.59 Å². The van der Waals surface area contributed by atoms with Crippen LogP contribution in [0.25, 0.3) is 11.0 Å². The van der Waals surface area contributed by atoms with E-state index in [9.17, 15) is 9.59 Å². The van der Waals surface area contributed by atoms with Crippen LogP contribution in [0.5, 0.6) is 34.8 Å². The molecule has 0 fully saturated rings. The van der Waals surface area contributed by atoms with Crippen LogP contribution < -0.4 is 18.9 Å². The van der Waals surface area contributed by atoms with E-state index in [4.69, 9.17) is 18.9 Å². The lowest BCUT2D eigenvalue weighted by molar-refractivity contribution is 0.111. The first kappa shape index (κ1) is 20.8. The number of carbonyl (C=O) groups excluding carboxylic acids is 2. The van der Waals surface area contributed by atoms with E-state index in [-0.39, 0.29) is 0 Å². The minimum absolute atomic E-state index is 0.344. The van der Waals surface area contributed by atoms with E-state index in [1.807, 2.05) is 0 Å². The third-order valence-electron chi connectivity index (χ3n) is 4.57. The molecule has 0 spiro atoms. The molecule has 4 aromatic rings. The molecule has 160 valence electrons. The maximum atomic E-state index is 11.0. The first-order valence-corrected chi connectivity index (χ1v) is 9.53. The Balaban J connectivity index is 1.58. The molecule has 0 radical (unpaired) electrons. The Hall–Kier alpha value is -4.46. The quantitative estimate of drug-likeness (QED) is 0.366. The van der Waals surface area contributed by atoms with Gasteiger partial charge in [0.2, 0.25) is 11.8 Å². The van der Waals surface area contributed by atoms with Crippen LogP contribution in [0.3, 0.4) is 0 Å². The smallest absolute Gasteiger partial charge is 0.220 e. The fourth-order valence-electron chi connectivity index (χ4n) is 2.99. The maximum absolute atomic E-state index is 11.0. The third kappa shape index (κ3) is 4.34. The highest BCUT2D eigenvalue weighted by atomic mass is 16.5. The van der Waals surface area contributed by atoms with Gasteiger partial charge in [-0.05, 0) is 48.5 Å². The number of hydrogen-bond donors (Lipinski definition) is 0. The van der Waals surface area contributed by atoms with Crippen LogP contribution >= 0.6 is 0 Å². The van der Waals surface area contributed by atoms with Gasteiger partial charge in [0.25, 0.3) is 0 Å². The van der Waals surface area contributed by atoms with Gasteiger partial charge in [0.1, 0.15) is 12.6 Å². The van der Waals surface area contributed by atoms with E-state index in [1.165, 1.54) is 14.2 Å². The summed E-state index contributed by atoms with van der Waals surface area (Å²) in [5.41, 5.74) is 2.16. The van der Waals surface area contributed by atoms with Crippen LogP contribution in [0.4, 0.5) is 0 Å². The first-order valence-electron chi connectivity index (χ1n) is 9.53. The summed E-state index contributed by atoms with van der Waals surface area (Å²) in [5, 5.41) is 0. The molecule has 0 bridgehead atoms. The van der Waals surface area contributed by atoms with Crippen molar-refractivity contribution < 1.29 is 28.5 Å². The molecule has 0 aliphatic carbocycles. The zero-order valence-corrected chi connectivity index (χ0v) is 17.3. The Morgan fingerprint density at radius 3 is 1.41 bits per heavy atom. The highest BCUT2D eigenvalue weighted by Crippen LogP contribution is 2.34. The number of fused-ring (bicyclic) bond motifs is 1. The lowest BCUT2D eigenvalue weighted by atomic mass is 10.2. The number of rotatable bonds is 8. The highest BCUT2D eigenvalue weighted by Gasteiger charge is 2.11. The average Bonchev–Trinajstić information content (AvgIpc) is 2.84. The summed E-state index contributed by atoms with van der Waals surface area (Å²) in [4.78, 5) is 30.8. The summed E-state index contributed by atoms with van der Waals surface area (Å²) >= 11 is 0. The predicted octanol–water partition coefficient (Wildman–Crippen LogP) is 4.86. The van der Waals surface area contributed by atoms with E-state index >= 15 is 0 Å². The molecule has 0 unspecified atom stereocenters. The molecule has 0 aliphatic rings. The van der Waals surface area contributed by atoms with Crippen molar-refractivity contribution >= 4 is 23.6 Å². The number of benzene rings is 2. The molecule has 0 atom stereocenters. The molecule has 4 rings (SSSR count). The monoisotopic (exact) mass is 430 g/mol. The minimum atomic E-state index is 0.344. The second kappa shape index (κ2) is 9.13. The van der Waals surface area contributed by atoms with Gasteiger partial charge in [-0.25, -0.2) is 9.97 Å². The van der Waals surface area contributed by atoms with Crippen LogP contribution in [0, 0.1) is 0 Å². The van der Waals surface area contributed by atoms with Crippen LogP contribution in [0.15, 0.2) is 60.7 Å². The van der Waals surface area contributed by atoms with Gasteiger partial charge in [-0.2, -0.15) is 0 Å². The Kier molecular flexibility index (Phi) is 5.94. The number of aromatic nitrogens is 2. The molecule has 2 heterocycles. The van der Waals surface area contributed by atoms with Crippen molar-refractivity contribution in [3.05, 3.63) is 71.8 Å². The lowest BCUT2D eigenvalue weighted by Gasteiger charge is -2.11. The number of nitrogens with zero attached hydrogens (tertiary/aromatic N) is 2. The number of carbonyl (C=O) groups is 2. The SMILES string of the molecule is COc1cc(C=O)ccc1Oc1ccc2nc(Oc3ccc(C=O)cc3OC)ccc2n1. The van der Waals surface area contributed by atoms with Gasteiger partial charge in [0, 0.05) is 23.3 Å². The van der Waals surface area contributed by atoms with Crippen molar-refractivity contribution in [1.29, 1.82) is 0 Å². The van der Waals surface area contributed by atoms with Gasteiger partial charge in [0.15, 0.2) is 23.0 Å². The number of ether oxygens (including phenoxy) is 4. The van der Waals surface area contributed by atoms with Crippen LogP contribution in [-0.4, -0.2) is 36.8 Å². The first-order chi connectivity index (χ1) is 15.6. The summed E-state index contributed by atoms with van der Waals surface area (Å²) in [6, 6.07) is 16.6. The molecular formula is C24H18N2O6. The Morgan fingerprint density at radius 2 is 1.03 bits per heavy atom. The van der Waals surface area contributed by atoms with E-state index in [2.05, 4.69) is 9.97 Å². The van der Waals surface area contributed by atoms with Crippen molar-refractivity contribution in [1.82, 2.24) is 9.97 Å². The van der Waals surface area contributed by atoms with Crippen molar-refractivity contribution in [3.63, 3.8) is 0 Å². The van der Waals surface area contributed by atoms with Gasteiger partial charge in [-0.1, -0.05) is 0 Å². The Labute approximate surface area is 183 Å². The standard InChI is InChI=1S/C24H18N2O6/c1-29-21-11-15(13-27)3-7-19(21)31-23-9-5-18-17(25-23)6-10-24(26-18)32-20-8-4-16(14-28)12-22(20)30-2/h3-14H,1-2H3. The van der Waals surface area contributed by atoms with Crippen molar-refractivity contribution in [2.75, 3.05) is 14.2 Å². The van der Waals surface area contributed by atoms with E-state index < -0.39 is 0 Å². The molecular weight excluding hydrogens is 412 g/mol. The molecule has 32 heavy (non-hydrogen) atoms. The summed E-state index contributed by atoms with van der Waals surface area (Å²) in [6.45, 7) is 0. The van der Waals surface area contributed by atoms with Gasteiger partial charge >= 0.3 is 0 Å². The topological polar surface area (TPSA) is 96.8 Å². The molecule has 2 aromatic carbocycles. The van der Waals surface area contributed by atoms with Crippen LogP contribution in [-0.2, 0) is 0 Å². The van der Waals surface area contributed by atoms with E-state index in [1.54, 1.807) is 60.7 Å². The lowest BCUT2D eigenvalue weighted by Crippen LogP contribution is -1.96. The fourth-order valence-corrected chi connectivity index (χ4v) is 2.99. The van der Waals surface area contributed by atoms with Gasteiger partial charge in [-0.15, -0.1) is 0 Å². The number of aldehydes is 2. The van der Waals surface area contributed by atoms with E-state index in [0.29, 0.717) is 56.9 Å². The molecule has 2 aromatic heterocycles. The molecule has 8 heteroatoms. The number of pyridine rings is 2. The number of hydrogen-bond acceptors (Lipinski definition) is 8. The second-order valence-corrected chi connectivity index (χ2v) is 6.60. The fraction of sp³-hybridized carbons (Fsp3) is 0.0833. The highest BCUT2D eigenvalue weighted by molar-refractivity contribution is 5.78. The normalized spacial score (nSPS) is 10.4. The molecule has 0 N–H and O–H groups in total. The molecule has 0 amide bonds. The van der Waals surface area contributed by atoms with Gasteiger partial charge in [0.05, 0.1) is 25.3 Å².